The highest BCUT2D eigenvalue weighted by atomic mass is 15.0. The minimum absolute atomic E-state index is 0.919. The summed E-state index contributed by atoms with van der Waals surface area (Å²) >= 11 is 0. The molecule has 4 aromatic heterocycles. The molecular formula is C64H42N4. The molecule has 0 aliphatic carbocycles. The Morgan fingerprint density at radius 3 is 0.824 bits per heavy atom. The van der Waals surface area contributed by atoms with E-state index in [2.05, 4.69) is 264 Å². The van der Waals surface area contributed by atoms with Gasteiger partial charge in [-0.05, 0) is 101 Å². The molecule has 4 heteroatoms. The van der Waals surface area contributed by atoms with Crippen molar-refractivity contribution in [3.05, 3.63) is 255 Å². The summed E-state index contributed by atoms with van der Waals surface area (Å²) in [5, 5.41) is 5.00. The summed E-state index contributed by atoms with van der Waals surface area (Å²) in [6, 6.07) is 91.0. The van der Waals surface area contributed by atoms with Crippen LogP contribution in [0, 0.1) is 0 Å². The maximum Gasteiger partial charge on any atom is 0.0715 e. The van der Waals surface area contributed by atoms with Gasteiger partial charge in [0.15, 0.2) is 0 Å². The Bertz CT molecular complexity index is 3630. The average Bonchev–Trinajstić information content (AvgIpc) is 3.94. The number of nitrogens with zero attached hydrogens (tertiary/aromatic N) is 4. The minimum atomic E-state index is 0.919. The fraction of sp³-hybridized carbons (Fsp3) is 0. The Hall–Kier alpha value is -9.12. The molecule has 0 atom stereocenters. The molecule has 0 N–H and O–H groups in total. The van der Waals surface area contributed by atoms with Crippen LogP contribution in [0.4, 0.5) is 0 Å². The van der Waals surface area contributed by atoms with Gasteiger partial charge in [0.05, 0.1) is 44.8 Å². The van der Waals surface area contributed by atoms with Crippen molar-refractivity contribution in [2.24, 2.45) is 0 Å². The number of aromatic nitrogens is 4. The molecule has 0 radical (unpaired) electrons. The third-order valence-electron chi connectivity index (χ3n) is 13.3. The molecular weight excluding hydrogens is 825 g/mol. The van der Waals surface area contributed by atoms with E-state index in [1.807, 2.05) is 0 Å². The Kier molecular flexibility index (Phi) is 9.47. The number of hydrogen-bond acceptors (Lipinski definition) is 2. The van der Waals surface area contributed by atoms with Crippen LogP contribution in [0.25, 0.3) is 122 Å². The summed E-state index contributed by atoms with van der Waals surface area (Å²) in [4.78, 5) is 10.6. The van der Waals surface area contributed by atoms with Gasteiger partial charge in [-0.3, -0.25) is 0 Å². The summed E-state index contributed by atoms with van der Waals surface area (Å²) in [5.74, 6) is 0. The molecule has 318 valence electrons. The van der Waals surface area contributed by atoms with Gasteiger partial charge < -0.3 is 9.13 Å². The lowest BCUT2D eigenvalue weighted by molar-refractivity contribution is 1.18. The maximum atomic E-state index is 5.30. The van der Waals surface area contributed by atoms with E-state index in [1.165, 1.54) is 43.6 Å². The van der Waals surface area contributed by atoms with Crippen LogP contribution in [0.5, 0.6) is 0 Å². The number of hydrogen-bond donors (Lipinski definition) is 0. The zero-order valence-electron chi connectivity index (χ0n) is 37.0. The molecule has 9 aromatic carbocycles. The summed E-state index contributed by atoms with van der Waals surface area (Å²) in [5.41, 5.74) is 19.4. The molecule has 13 aromatic rings. The van der Waals surface area contributed by atoms with E-state index < -0.39 is 0 Å². The van der Waals surface area contributed by atoms with E-state index in [-0.39, 0.29) is 0 Å². The Morgan fingerprint density at radius 2 is 0.485 bits per heavy atom. The largest absolute Gasteiger partial charge is 0.309 e. The van der Waals surface area contributed by atoms with Crippen molar-refractivity contribution in [2.75, 3.05) is 0 Å². The van der Waals surface area contributed by atoms with Crippen molar-refractivity contribution in [3.8, 4) is 78.7 Å². The first-order valence-corrected chi connectivity index (χ1v) is 23.1. The van der Waals surface area contributed by atoms with Crippen molar-refractivity contribution in [1.82, 2.24) is 19.1 Å². The molecule has 13 rings (SSSR count). The molecule has 0 aliphatic heterocycles. The highest BCUT2D eigenvalue weighted by Gasteiger charge is 2.16. The zero-order valence-corrected chi connectivity index (χ0v) is 37.0. The van der Waals surface area contributed by atoms with Crippen LogP contribution < -0.4 is 0 Å². The number of pyridine rings is 2. The topological polar surface area (TPSA) is 35.6 Å². The lowest BCUT2D eigenvalue weighted by Crippen LogP contribution is -1.95. The lowest BCUT2D eigenvalue weighted by atomic mass is 9.95. The predicted octanol–water partition coefficient (Wildman–Crippen LogP) is 16.7. The Labute approximate surface area is 394 Å². The molecule has 4 heterocycles. The SMILES string of the molecule is c1ccc(-c2cc(-c3cccc(-c4cc(-c5ccccc5)nc(-c5ccc(-n6c7ccccc7c7ccccc76)cc5)c4)c3)cc(-c3ccc(-n4c5ccccc5c5ccccc54)cc3)n2)cc1. The van der Waals surface area contributed by atoms with E-state index in [4.69, 9.17) is 9.97 Å². The molecule has 0 saturated carbocycles. The standard InChI is InChI=1S/C64H42N4/c1-3-16-43(17-4-1)57-39-49(41-59(65-57)45-30-34-51(35-31-45)67-61-26-11-7-22-53(61)54-23-8-12-27-62(54)67)47-20-15-21-48(38-47)50-40-58(44-18-5-2-6-19-44)66-60(42-50)46-32-36-52(37-33-46)68-63-28-13-9-24-55(63)56-25-10-14-29-64(56)68/h1-42H. The first-order valence-electron chi connectivity index (χ1n) is 23.1. The van der Waals surface area contributed by atoms with Gasteiger partial charge >= 0.3 is 0 Å². The van der Waals surface area contributed by atoms with E-state index in [0.717, 1.165) is 78.7 Å². The van der Waals surface area contributed by atoms with Crippen molar-refractivity contribution in [2.45, 2.75) is 0 Å². The Balaban J connectivity index is 0.896. The first kappa shape index (κ1) is 39.3. The first-order chi connectivity index (χ1) is 33.7. The number of para-hydroxylation sites is 4. The molecule has 0 saturated heterocycles. The molecule has 0 bridgehead atoms. The van der Waals surface area contributed by atoms with Crippen LogP contribution >= 0.6 is 0 Å². The van der Waals surface area contributed by atoms with Crippen LogP contribution in [0.2, 0.25) is 0 Å². The van der Waals surface area contributed by atoms with Gasteiger partial charge in [-0.2, -0.15) is 0 Å². The van der Waals surface area contributed by atoms with Crippen molar-refractivity contribution < 1.29 is 0 Å². The van der Waals surface area contributed by atoms with Crippen LogP contribution in [-0.4, -0.2) is 19.1 Å². The fourth-order valence-corrected chi connectivity index (χ4v) is 10.0. The highest BCUT2D eigenvalue weighted by molar-refractivity contribution is 6.10. The number of benzene rings is 9. The van der Waals surface area contributed by atoms with Crippen LogP contribution in [-0.2, 0) is 0 Å². The lowest BCUT2D eigenvalue weighted by Gasteiger charge is -2.14. The normalized spacial score (nSPS) is 11.5. The summed E-state index contributed by atoms with van der Waals surface area (Å²) in [7, 11) is 0. The van der Waals surface area contributed by atoms with E-state index >= 15 is 0 Å². The van der Waals surface area contributed by atoms with Gasteiger partial charge in [0.2, 0.25) is 0 Å². The highest BCUT2D eigenvalue weighted by Crippen LogP contribution is 2.38. The van der Waals surface area contributed by atoms with Crippen LogP contribution in [0.15, 0.2) is 255 Å². The van der Waals surface area contributed by atoms with E-state index in [0.29, 0.717) is 0 Å². The maximum absolute atomic E-state index is 5.30. The van der Waals surface area contributed by atoms with Gasteiger partial charge in [0.25, 0.3) is 0 Å². The van der Waals surface area contributed by atoms with Crippen LogP contribution in [0.3, 0.4) is 0 Å². The Morgan fingerprint density at radius 1 is 0.206 bits per heavy atom. The van der Waals surface area contributed by atoms with E-state index in [1.54, 1.807) is 0 Å². The van der Waals surface area contributed by atoms with Gasteiger partial charge in [-0.15, -0.1) is 0 Å². The number of rotatable bonds is 8. The monoisotopic (exact) mass is 866 g/mol. The molecule has 68 heavy (non-hydrogen) atoms. The third kappa shape index (κ3) is 6.86. The molecule has 0 spiro atoms. The quantitative estimate of drug-likeness (QED) is 0.153. The van der Waals surface area contributed by atoms with Gasteiger partial charge in [0, 0.05) is 55.2 Å². The predicted molar refractivity (Wildman–Crippen MR) is 283 cm³/mol. The van der Waals surface area contributed by atoms with Crippen LogP contribution in [0.1, 0.15) is 0 Å². The second kappa shape index (κ2) is 16.4. The third-order valence-corrected chi connectivity index (χ3v) is 13.3. The van der Waals surface area contributed by atoms with Gasteiger partial charge in [-0.25, -0.2) is 9.97 Å². The van der Waals surface area contributed by atoms with Gasteiger partial charge in [0.1, 0.15) is 0 Å². The molecule has 4 nitrogen and oxygen atoms in total. The number of fused-ring (bicyclic) bond motifs is 6. The molecule has 0 amide bonds. The zero-order chi connectivity index (χ0) is 45.0. The summed E-state index contributed by atoms with van der Waals surface area (Å²) in [6.07, 6.45) is 0. The van der Waals surface area contributed by atoms with E-state index in [9.17, 15) is 0 Å². The second-order valence-corrected chi connectivity index (χ2v) is 17.4. The molecule has 0 unspecified atom stereocenters. The van der Waals surface area contributed by atoms with Crippen molar-refractivity contribution in [1.29, 1.82) is 0 Å². The average molecular weight is 867 g/mol. The smallest absolute Gasteiger partial charge is 0.0715 e. The molecule has 0 aliphatic rings. The summed E-state index contributed by atoms with van der Waals surface area (Å²) < 4.78 is 4.71. The second-order valence-electron chi connectivity index (χ2n) is 17.4. The summed E-state index contributed by atoms with van der Waals surface area (Å²) in [6.45, 7) is 0. The van der Waals surface area contributed by atoms with Crippen molar-refractivity contribution >= 4 is 43.6 Å². The fourth-order valence-electron chi connectivity index (χ4n) is 10.0. The minimum Gasteiger partial charge on any atom is -0.309 e. The van der Waals surface area contributed by atoms with Gasteiger partial charge in [-0.1, -0.05) is 176 Å². The molecule has 0 fully saturated rings. The van der Waals surface area contributed by atoms with Crippen molar-refractivity contribution in [3.63, 3.8) is 0 Å².